The maximum atomic E-state index is 12.2. The molecule has 2 aromatic rings. The zero-order valence-electron chi connectivity index (χ0n) is 13.4. The van der Waals surface area contributed by atoms with E-state index < -0.39 is 11.7 Å². The van der Waals surface area contributed by atoms with Crippen molar-refractivity contribution in [3.8, 4) is 0 Å². The summed E-state index contributed by atoms with van der Waals surface area (Å²) in [7, 11) is 0. The van der Waals surface area contributed by atoms with Crippen LogP contribution in [0.15, 0.2) is 30.6 Å². The Hall–Kier alpha value is -2.63. The molecule has 0 saturated carbocycles. The number of aromatic nitrogens is 2. The fourth-order valence-electron chi connectivity index (χ4n) is 2.82. The van der Waals surface area contributed by atoms with E-state index in [1.807, 2.05) is 25.1 Å². The number of nitrogens with one attached hydrogen (secondary N) is 1. The third kappa shape index (κ3) is 2.97. The molecule has 1 aromatic heterocycles. The standard InChI is InChI=1S/C17H20N4O2/c1-3-20-8-7-12-5-6-14(9-15(12)20)19-17(23)16(22)13-10-18-21(4-2)11-13/h5-6,9-11H,3-4,7-8H2,1-2H3,(H,19,23). The molecule has 6 nitrogen and oxygen atoms in total. The zero-order valence-corrected chi connectivity index (χ0v) is 13.4. The number of rotatable bonds is 5. The number of benzene rings is 1. The Morgan fingerprint density at radius 3 is 2.78 bits per heavy atom. The largest absolute Gasteiger partial charge is 0.371 e. The van der Waals surface area contributed by atoms with E-state index in [-0.39, 0.29) is 0 Å². The normalized spacial score (nSPS) is 13.0. The highest BCUT2D eigenvalue weighted by Crippen LogP contribution is 2.30. The molecule has 0 unspecified atom stereocenters. The molecular formula is C17H20N4O2. The van der Waals surface area contributed by atoms with Crippen LogP contribution in [0.4, 0.5) is 11.4 Å². The Morgan fingerprint density at radius 2 is 2.09 bits per heavy atom. The van der Waals surface area contributed by atoms with E-state index >= 15 is 0 Å². The van der Waals surface area contributed by atoms with Gasteiger partial charge in [-0.3, -0.25) is 14.3 Å². The van der Waals surface area contributed by atoms with Crippen LogP contribution in [0, 0.1) is 0 Å². The predicted octanol–water partition coefficient (Wildman–Crippen LogP) is 2.11. The highest BCUT2D eigenvalue weighted by molar-refractivity contribution is 6.46. The molecule has 0 radical (unpaired) electrons. The topological polar surface area (TPSA) is 67.2 Å². The fourth-order valence-corrected chi connectivity index (χ4v) is 2.82. The van der Waals surface area contributed by atoms with Gasteiger partial charge in [0.05, 0.1) is 11.8 Å². The van der Waals surface area contributed by atoms with Gasteiger partial charge in [0.1, 0.15) is 0 Å². The van der Waals surface area contributed by atoms with E-state index in [2.05, 4.69) is 22.2 Å². The second kappa shape index (κ2) is 6.24. The van der Waals surface area contributed by atoms with Crippen molar-refractivity contribution >= 4 is 23.1 Å². The van der Waals surface area contributed by atoms with E-state index in [1.165, 1.54) is 11.8 Å². The van der Waals surface area contributed by atoms with E-state index in [9.17, 15) is 9.59 Å². The number of likely N-dealkylation sites (N-methyl/N-ethyl adjacent to an activating group) is 1. The van der Waals surface area contributed by atoms with Crippen LogP contribution in [-0.4, -0.2) is 34.6 Å². The van der Waals surface area contributed by atoms with Crippen molar-refractivity contribution in [3.63, 3.8) is 0 Å². The minimum absolute atomic E-state index is 0.306. The maximum Gasteiger partial charge on any atom is 0.296 e. The van der Waals surface area contributed by atoms with Crippen LogP contribution >= 0.6 is 0 Å². The summed E-state index contributed by atoms with van der Waals surface area (Å²) < 4.78 is 1.62. The number of Topliss-reactive ketones (excluding diaryl/α,β-unsaturated/α-hetero) is 1. The molecule has 0 aliphatic carbocycles. The first kappa shape index (κ1) is 15.3. The average molecular weight is 312 g/mol. The molecule has 1 aromatic carbocycles. The number of carbonyl (C=O) groups is 2. The lowest BCUT2D eigenvalue weighted by atomic mass is 10.1. The predicted molar refractivity (Wildman–Crippen MR) is 88.9 cm³/mol. The smallest absolute Gasteiger partial charge is 0.296 e. The third-order valence-corrected chi connectivity index (χ3v) is 4.14. The zero-order chi connectivity index (χ0) is 16.4. The van der Waals surface area contributed by atoms with Gasteiger partial charge in [0.15, 0.2) is 0 Å². The molecule has 120 valence electrons. The van der Waals surface area contributed by atoms with Crippen molar-refractivity contribution in [1.29, 1.82) is 0 Å². The Labute approximate surface area is 135 Å². The van der Waals surface area contributed by atoms with Gasteiger partial charge in [-0.25, -0.2) is 0 Å². The summed E-state index contributed by atoms with van der Waals surface area (Å²) in [6, 6.07) is 5.80. The molecule has 6 heteroatoms. The van der Waals surface area contributed by atoms with Crippen LogP contribution in [-0.2, 0) is 17.8 Å². The number of nitrogens with zero attached hydrogens (tertiary/aromatic N) is 3. The number of aryl methyl sites for hydroxylation is 1. The molecular weight excluding hydrogens is 292 g/mol. The quantitative estimate of drug-likeness (QED) is 0.678. The molecule has 23 heavy (non-hydrogen) atoms. The third-order valence-electron chi connectivity index (χ3n) is 4.14. The van der Waals surface area contributed by atoms with Crippen molar-refractivity contribution in [2.24, 2.45) is 0 Å². The Kier molecular flexibility index (Phi) is 4.14. The molecule has 0 atom stereocenters. The van der Waals surface area contributed by atoms with Crippen molar-refractivity contribution < 1.29 is 9.59 Å². The maximum absolute atomic E-state index is 12.2. The molecule has 1 amide bonds. The van der Waals surface area contributed by atoms with Gasteiger partial charge in [-0.1, -0.05) is 6.07 Å². The summed E-state index contributed by atoms with van der Waals surface area (Å²) in [5.41, 5.74) is 3.36. The van der Waals surface area contributed by atoms with E-state index in [1.54, 1.807) is 10.9 Å². The molecule has 1 aliphatic rings. The molecule has 0 spiro atoms. The van der Waals surface area contributed by atoms with E-state index in [0.29, 0.717) is 17.8 Å². The van der Waals surface area contributed by atoms with Crippen LogP contribution in [0.1, 0.15) is 29.8 Å². The van der Waals surface area contributed by atoms with Crippen molar-refractivity contribution in [1.82, 2.24) is 9.78 Å². The lowest BCUT2D eigenvalue weighted by molar-refractivity contribution is -0.112. The van der Waals surface area contributed by atoms with Crippen molar-refractivity contribution in [2.45, 2.75) is 26.8 Å². The van der Waals surface area contributed by atoms with Gasteiger partial charge in [-0.15, -0.1) is 0 Å². The fraction of sp³-hybridized carbons (Fsp3) is 0.353. The second-order valence-electron chi connectivity index (χ2n) is 5.54. The Balaban J connectivity index is 1.74. The molecule has 0 fully saturated rings. The number of carbonyl (C=O) groups excluding carboxylic acids is 2. The Morgan fingerprint density at radius 1 is 1.26 bits per heavy atom. The highest BCUT2D eigenvalue weighted by Gasteiger charge is 2.21. The molecule has 3 rings (SSSR count). The summed E-state index contributed by atoms with van der Waals surface area (Å²) in [4.78, 5) is 26.6. The minimum atomic E-state index is -0.637. The first-order chi connectivity index (χ1) is 11.1. The van der Waals surface area contributed by atoms with Gasteiger partial charge in [0.2, 0.25) is 0 Å². The SMILES string of the molecule is CCN1CCc2ccc(NC(=O)C(=O)c3cnn(CC)c3)cc21. The second-order valence-corrected chi connectivity index (χ2v) is 5.54. The number of hydrogen-bond donors (Lipinski definition) is 1. The van der Waals surface area contributed by atoms with Crippen LogP contribution in [0.25, 0.3) is 0 Å². The minimum Gasteiger partial charge on any atom is -0.371 e. The molecule has 0 bridgehead atoms. The first-order valence-corrected chi connectivity index (χ1v) is 7.88. The van der Waals surface area contributed by atoms with Crippen molar-refractivity contribution in [3.05, 3.63) is 41.7 Å². The number of amides is 1. The van der Waals surface area contributed by atoms with Crippen LogP contribution < -0.4 is 10.2 Å². The van der Waals surface area contributed by atoms with E-state index in [0.717, 1.165) is 25.2 Å². The molecule has 1 aliphatic heterocycles. The van der Waals surface area contributed by atoms with Gasteiger partial charge in [-0.2, -0.15) is 5.10 Å². The van der Waals surface area contributed by atoms with Crippen LogP contribution in [0.2, 0.25) is 0 Å². The van der Waals surface area contributed by atoms with Gasteiger partial charge >= 0.3 is 0 Å². The summed E-state index contributed by atoms with van der Waals surface area (Å²) in [6.45, 7) is 6.62. The molecule has 1 N–H and O–H groups in total. The summed E-state index contributed by atoms with van der Waals surface area (Å²) >= 11 is 0. The van der Waals surface area contributed by atoms with E-state index in [4.69, 9.17) is 0 Å². The van der Waals surface area contributed by atoms with Gasteiger partial charge in [-0.05, 0) is 38.0 Å². The van der Waals surface area contributed by atoms with Crippen LogP contribution in [0.3, 0.4) is 0 Å². The summed E-state index contributed by atoms with van der Waals surface area (Å²) in [5, 5.41) is 6.71. The van der Waals surface area contributed by atoms with Gasteiger partial charge in [0.25, 0.3) is 11.7 Å². The van der Waals surface area contributed by atoms with Gasteiger partial charge in [0, 0.05) is 37.2 Å². The van der Waals surface area contributed by atoms with Crippen LogP contribution in [0.5, 0.6) is 0 Å². The molecule has 0 saturated heterocycles. The van der Waals surface area contributed by atoms with Gasteiger partial charge < -0.3 is 10.2 Å². The first-order valence-electron chi connectivity index (χ1n) is 7.88. The lowest BCUT2D eigenvalue weighted by Crippen LogP contribution is -2.23. The molecule has 2 heterocycles. The lowest BCUT2D eigenvalue weighted by Gasteiger charge is -2.17. The summed E-state index contributed by atoms with van der Waals surface area (Å²) in [5.74, 6) is -1.21. The number of hydrogen-bond acceptors (Lipinski definition) is 4. The number of ketones is 1. The van der Waals surface area contributed by atoms with Crippen molar-refractivity contribution in [2.75, 3.05) is 23.3 Å². The average Bonchev–Trinajstić information content (AvgIpc) is 3.20. The number of fused-ring (bicyclic) bond motifs is 1. The Bertz CT molecular complexity index is 751. The highest BCUT2D eigenvalue weighted by atomic mass is 16.2. The summed E-state index contributed by atoms with van der Waals surface area (Å²) in [6.07, 6.45) is 4.03. The monoisotopic (exact) mass is 312 g/mol. The number of anilines is 2.